The average molecular weight is 407 g/mol. The second-order valence-corrected chi connectivity index (χ2v) is 8.45. The number of benzene rings is 2. The summed E-state index contributed by atoms with van der Waals surface area (Å²) in [6.07, 6.45) is 7.96. The van der Waals surface area contributed by atoms with Crippen LogP contribution in [-0.2, 0) is 16.0 Å². The van der Waals surface area contributed by atoms with Crippen molar-refractivity contribution in [3.8, 4) is 0 Å². The summed E-state index contributed by atoms with van der Waals surface area (Å²) in [5.41, 5.74) is 3.34. The van der Waals surface area contributed by atoms with Gasteiger partial charge in [0.05, 0.1) is 0 Å². The Bertz CT molecular complexity index is 915. The van der Waals surface area contributed by atoms with Crippen LogP contribution >= 0.6 is 11.8 Å². The number of fused-ring (bicyclic) bond motifs is 1. The van der Waals surface area contributed by atoms with Crippen molar-refractivity contribution in [1.82, 2.24) is 4.90 Å². The second-order valence-electron chi connectivity index (χ2n) is 7.57. The van der Waals surface area contributed by atoms with Gasteiger partial charge in [0, 0.05) is 42.2 Å². The van der Waals surface area contributed by atoms with Crippen molar-refractivity contribution >= 4 is 35.3 Å². The van der Waals surface area contributed by atoms with Crippen molar-refractivity contribution in [2.24, 2.45) is 5.92 Å². The van der Waals surface area contributed by atoms with Crippen LogP contribution in [0.3, 0.4) is 0 Å². The van der Waals surface area contributed by atoms with Gasteiger partial charge in [-0.3, -0.25) is 9.59 Å². The molecule has 2 aliphatic rings. The van der Waals surface area contributed by atoms with Crippen LogP contribution in [0.15, 0.2) is 59.5 Å². The Hall–Kier alpha value is -2.53. The van der Waals surface area contributed by atoms with Gasteiger partial charge in [-0.05, 0) is 60.9 Å². The molecule has 2 amide bonds. The largest absolute Gasteiger partial charge is 0.339 e. The first-order valence-corrected chi connectivity index (χ1v) is 11.4. The smallest absolute Gasteiger partial charge is 0.246 e. The number of rotatable bonds is 4. The van der Waals surface area contributed by atoms with Gasteiger partial charge in [0.15, 0.2) is 0 Å². The number of piperidine rings is 1. The molecule has 4 nitrogen and oxygen atoms in total. The third-order valence-corrected chi connectivity index (χ3v) is 6.59. The number of hydrogen-bond acceptors (Lipinski definition) is 3. The van der Waals surface area contributed by atoms with Gasteiger partial charge < -0.3 is 9.80 Å². The van der Waals surface area contributed by atoms with Crippen LogP contribution in [0.25, 0.3) is 6.08 Å². The molecule has 1 saturated heterocycles. The van der Waals surface area contributed by atoms with E-state index in [9.17, 15) is 9.59 Å². The molecule has 0 spiro atoms. The van der Waals surface area contributed by atoms with E-state index in [0.29, 0.717) is 13.1 Å². The van der Waals surface area contributed by atoms with Crippen molar-refractivity contribution < 1.29 is 9.59 Å². The number of thioether (sulfide) groups is 1. The molecule has 0 bridgehead atoms. The minimum Gasteiger partial charge on any atom is -0.339 e. The van der Waals surface area contributed by atoms with E-state index >= 15 is 0 Å². The van der Waals surface area contributed by atoms with E-state index in [0.717, 1.165) is 37.1 Å². The van der Waals surface area contributed by atoms with E-state index in [1.807, 2.05) is 52.5 Å². The lowest BCUT2D eigenvalue weighted by atomic mass is 9.95. The Morgan fingerprint density at radius 1 is 1.00 bits per heavy atom. The molecule has 150 valence electrons. The van der Waals surface area contributed by atoms with E-state index in [4.69, 9.17) is 0 Å². The van der Waals surface area contributed by atoms with Gasteiger partial charge >= 0.3 is 0 Å². The predicted octanol–water partition coefficient (Wildman–Crippen LogP) is 4.25. The van der Waals surface area contributed by atoms with Crippen LogP contribution in [-0.4, -0.2) is 42.6 Å². The minimum absolute atomic E-state index is 0.00766. The van der Waals surface area contributed by atoms with Crippen molar-refractivity contribution in [2.45, 2.75) is 24.2 Å². The summed E-state index contributed by atoms with van der Waals surface area (Å²) < 4.78 is 0. The van der Waals surface area contributed by atoms with Crippen molar-refractivity contribution in [2.75, 3.05) is 30.8 Å². The number of nitrogens with zero attached hydrogens (tertiary/aromatic N) is 2. The summed E-state index contributed by atoms with van der Waals surface area (Å²) in [5, 5.41) is 0. The molecular weight excluding hydrogens is 380 g/mol. The van der Waals surface area contributed by atoms with Gasteiger partial charge in [-0.15, -0.1) is 11.8 Å². The van der Waals surface area contributed by atoms with Crippen LogP contribution in [0.1, 0.15) is 24.0 Å². The average Bonchev–Trinajstić information content (AvgIpc) is 3.21. The molecule has 1 fully saturated rings. The summed E-state index contributed by atoms with van der Waals surface area (Å²) in [5.74, 6) is 0.246. The van der Waals surface area contributed by atoms with Crippen molar-refractivity contribution in [1.29, 1.82) is 0 Å². The molecule has 2 aromatic rings. The summed E-state index contributed by atoms with van der Waals surface area (Å²) in [6.45, 7) is 2.05. The number of amides is 2. The maximum atomic E-state index is 13.0. The number of para-hydroxylation sites is 1. The monoisotopic (exact) mass is 406 g/mol. The highest BCUT2D eigenvalue weighted by molar-refractivity contribution is 7.98. The summed E-state index contributed by atoms with van der Waals surface area (Å²) in [4.78, 5) is 30.5. The first-order chi connectivity index (χ1) is 14.2. The van der Waals surface area contributed by atoms with E-state index < -0.39 is 0 Å². The Kier molecular flexibility index (Phi) is 6.05. The highest BCUT2D eigenvalue weighted by Crippen LogP contribution is 2.31. The molecule has 2 aliphatic heterocycles. The number of hydrogen-bond donors (Lipinski definition) is 0. The molecule has 0 aromatic heterocycles. The second kappa shape index (κ2) is 8.87. The van der Waals surface area contributed by atoms with Gasteiger partial charge in [-0.1, -0.05) is 30.3 Å². The summed E-state index contributed by atoms with van der Waals surface area (Å²) in [7, 11) is 0. The third-order valence-electron chi connectivity index (χ3n) is 5.84. The Morgan fingerprint density at radius 3 is 2.45 bits per heavy atom. The fourth-order valence-electron chi connectivity index (χ4n) is 4.12. The fourth-order valence-corrected chi connectivity index (χ4v) is 4.53. The van der Waals surface area contributed by atoms with Crippen molar-refractivity contribution in [3.63, 3.8) is 0 Å². The third kappa shape index (κ3) is 4.40. The zero-order valence-corrected chi connectivity index (χ0v) is 17.5. The predicted molar refractivity (Wildman–Crippen MR) is 119 cm³/mol. The number of carbonyl (C=O) groups excluding carboxylic acids is 2. The van der Waals surface area contributed by atoms with Crippen molar-refractivity contribution in [3.05, 3.63) is 65.7 Å². The molecule has 2 aromatic carbocycles. The van der Waals surface area contributed by atoms with E-state index in [1.165, 1.54) is 10.5 Å². The first kappa shape index (κ1) is 19.8. The van der Waals surface area contributed by atoms with Crippen LogP contribution < -0.4 is 4.90 Å². The summed E-state index contributed by atoms with van der Waals surface area (Å²) >= 11 is 1.70. The van der Waals surface area contributed by atoms with Crippen LogP contribution in [0.4, 0.5) is 5.69 Å². The van der Waals surface area contributed by atoms with Gasteiger partial charge in [0.25, 0.3) is 0 Å². The first-order valence-electron chi connectivity index (χ1n) is 10.2. The molecule has 0 atom stereocenters. The molecule has 0 unspecified atom stereocenters. The molecule has 4 rings (SSSR count). The lowest BCUT2D eigenvalue weighted by Gasteiger charge is -2.32. The molecule has 5 heteroatoms. The van der Waals surface area contributed by atoms with Gasteiger partial charge in [-0.25, -0.2) is 0 Å². The normalized spacial score (nSPS) is 17.0. The standard InChI is InChI=1S/C24H26N2O2S/c1-29-21-9-6-18(7-10-21)8-11-23(27)25-15-12-20(13-16-25)24(28)26-17-14-19-4-2-3-5-22(19)26/h2-11,20H,12-17H2,1H3/b11-8+. The molecule has 2 heterocycles. The molecule has 0 aliphatic carbocycles. The van der Waals surface area contributed by atoms with Gasteiger partial charge in [0.2, 0.25) is 11.8 Å². The summed E-state index contributed by atoms with van der Waals surface area (Å²) in [6, 6.07) is 16.3. The topological polar surface area (TPSA) is 40.6 Å². The fraction of sp³-hybridized carbons (Fsp3) is 0.333. The van der Waals surface area contributed by atoms with Crippen LogP contribution in [0.2, 0.25) is 0 Å². The van der Waals surface area contributed by atoms with Crippen LogP contribution in [0, 0.1) is 5.92 Å². The quantitative estimate of drug-likeness (QED) is 0.563. The van der Waals surface area contributed by atoms with Crippen LogP contribution in [0.5, 0.6) is 0 Å². The van der Waals surface area contributed by atoms with E-state index in [2.05, 4.69) is 18.2 Å². The minimum atomic E-state index is 0.00766. The number of likely N-dealkylation sites (tertiary alicyclic amines) is 1. The van der Waals surface area contributed by atoms with Gasteiger partial charge in [-0.2, -0.15) is 0 Å². The SMILES string of the molecule is CSc1ccc(/C=C/C(=O)N2CCC(C(=O)N3CCc4ccccc43)CC2)cc1. The lowest BCUT2D eigenvalue weighted by Crippen LogP contribution is -2.43. The maximum absolute atomic E-state index is 13.0. The van der Waals surface area contributed by atoms with Gasteiger partial charge in [0.1, 0.15) is 0 Å². The zero-order valence-electron chi connectivity index (χ0n) is 16.7. The molecular formula is C24H26N2O2S. The Balaban J connectivity index is 1.31. The highest BCUT2D eigenvalue weighted by Gasteiger charge is 2.32. The number of carbonyl (C=O) groups is 2. The van der Waals surface area contributed by atoms with E-state index in [1.54, 1.807) is 17.8 Å². The Morgan fingerprint density at radius 2 is 1.72 bits per heavy atom. The maximum Gasteiger partial charge on any atom is 0.246 e. The Labute approximate surface area is 176 Å². The number of anilines is 1. The highest BCUT2D eigenvalue weighted by atomic mass is 32.2. The zero-order chi connectivity index (χ0) is 20.2. The lowest BCUT2D eigenvalue weighted by molar-refractivity contribution is -0.130. The molecule has 0 saturated carbocycles. The molecule has 0 radical (unpaired) electrons. The molecule has 0 N–H and O–H groups in total. The van der Waals surface area contributed by atoms with E-state index in [-0.39, 0.29) is 17.7 Å². The molecule has 29 heavy (non-hydrogen) atoms.